The number of carbonyl (C=O) groups is 1. The Labute approximate surface area is 184 Å². The molecule has 0 saturated carbocycles. The molecule has 0 aromatic heterocycles. The standard InChI is InChI=1S/C22H30N2O4S2/c1-4-14-28-21-11-9-20(10-12-21)24(30(3,26)27)16-22(25)23-13-15-29-17-19-7-5-18(2)6-8-19/h5-12H,4,13-17H2,1-3H3,(H,23,25). The number of sulfonamides is 1. The van der Waals surface area contributed by atoms with Crippen molar-refractivity contribution in [3.63, 3.8) is 0 Å². The first kappa shape index (κ1) is 24.1. The van der Waals surface area contributed by atoms with Crippen LogP contribution in [0.2, 0.25) is 0 Å². The smallest absolute Gasteiger partial charge is 0.240 e. The van der Waals surface area contributed by atoms with Gasteiger partial charge in [-0.3, -0.25) is 9.10 Å². The zero-order valence-electron chi connectivity index (χ0n) is 17.8. The second-order valence-electron chi connectivity index (χ2n) is 7.00. The highest BCUT2D eigenvalue weighted by molar-refractivity contribution is 7.98. The summed E-state index contributed by atoms with van der Waals surface area (Å²) < 4.78 is 31.0. The first-order chi connectivity index (χ1) is 14.3. The molecule has 30 heavy (non-hydrogen) atoms. The molecule has 1 amide bonds. The summed E-state index contributed by atoms with van der Waals surface area (Å²) in [6.07, 6.45) is 1.99. The van der Waals surface area contributed by atoms with Gasteiger partial charge in [0.25, 0.3) is 0 Å². The Morgan fingerprint density at radius 3 is 2.37 bits per heavy atom. The summed E-state index contributed by atoms with van der Waals surface area (Å²) in [7, 11) is -3.59. The van der Waals surface area contributed by atoms with Crippen LogP contribution in [0.4, 0.5) is 5.69 Å². The van der Waals surface area contributed by atoms with Gasteiger partial charge in [-0.15, -0.1) is 0 Å². The maximum Gasteiger partial charge on any atom is 0.240 e. The zero-order valence-corrected chi connectivity index (χ0v) is 19.4. The van der Waals surface area contributed by atoms with Gasteiger partial charge in [-0.25, -0.2) is 8.42 Å². The molecular weight excluding hydrogens is 420 g/mol. The number of ether oxygens (including phenoxy) is 1. The Morgan fingerprint density at radius 1 is 1.10 bits per heavy atom. The Kier molecular flexibility index (Phi) is 9.52. The van der Waals surface area contributed by atoms with Crippen LogP contribution in [0.15, 0.2) is 48.5 Å². The maximum atomic E-state index is 12.3. The largest absolute Gasteiger partial charge is 0.494 e. The number of carbonyl (C=O) groups excluding carboxylic acids is 1. The lowest BCUT2D eigenvalue weighted by molar-refractivity contribution is -0.119. The molecule has 0 atom stereocenters. The fourth-order valence-corrected chi connectivity index (χ4v) is 4.33. The highest BCUT2D eigenvalue weighted by Crippen LogP contribution is 2.21. The minimum atomic E-state index is -3.59. The lowest BCUT2D eigenvalue weighted by Gasteiger charge is -2.22. The molecule has 6 nitrogen and oxygen atoms in total. The molecule has 2 rings (SSSR count). The van der Waals surface area contributed by atoms with Crippen molar-refractivity contribution in [1.29, 1.82) is 0 Å². The number of aryl methyl sites for hydroxylation is 1. The van der Waals surface area contributed by atoms with Crippen molar-refractivity contribution in [1.82, 2.24) is 5.32 Å². The molecule has 0 fully saturated rings. The van der Waals surface area contributed by atoms with Crippen LogP contribution in [0.5, 0.6) is 5.75 Å². The van der Waals surface area contributed by atoms with Gasteiger partial charge in [0.05, 0.1) is 18.6 Å². The van der Waals surface area contributed by atoms with Gasteiger partial charge in [0.15, 0.2) is 0 Å². The van der Waals surface area contributed by atoms with Gasteiger partial charge >= 0.3 is 0 Å². The molecule has 0 aliphatic heterocycles. The minimum Gasteiger partial charge on any atom is -0.494 e. The van der Waals surface area contributed by atoms with Crippen molar-refractivity contribution < 1.29 is 17.9 Å². The van der Waals surface area contributed by atoms with E-state index in [0.717, 1.165) is 28.5 Å². The predicted molar refractivity (Wildman–Crippen MR) is 125 cm³/mol. The van der Waals surface area contributed by atoms with Gasteiger partial charge in [0.2, 0.25) is 15.9 Å². The van der Waals surface area contributed by atoms with E-state index >= 15 is 0 Å². The van der Waals surface area contributed by atoms with Crippen molar-refractivity contribution in [2.75, 3.05) is 36.0 Å². The summed E-state index contributed by atoms with van der Waals surface area (Å²) in [4.78, 5) is 12.3. The van der Waals surface area contributed by atoms with Gasteiger partial charge in [-0.1, -0.05) is 36.8 Å². The topological polar surface area (TPSA) is 75.7 Å². The van der Waals surface area contributed by atoms with Crippen LogP contribution < -0.4 is 14.4 Å². The van der Waals surface area contributed by atoms with Crippen molar-refractivity contribution >= 4 is 33.4 Å². The Hall–Kier alpha value is -2.19. The average Bonchev–Trinajstić information content (AvgIpc) is 2.71. The first-order valence-electron chi connectivity index (χ1n) is 9.90. The average molecular weight is 451 g/mol. The molecule has 0 heterocycles. The quantitative estimate of drug-likeness (QED) is 0.500. The molecule has 0 radical (unpaired) electrons. The fourth-order valence-electron chi connectivity index (χ4n) is 2.65. The molecule has 8 heteroatoms. The van der Waals surface area contributed by atoms with Gasteiger partial charge in [-0.05, 0) is 43.2 Å². The van der Waals surface area contributed by atoms with E-state index in [4.69, 9.17) is 4.74 Å². The van der Waals surface area contributed by atoms with E-state index in [2.05, 4.69) is 36.5 Å². The SMILES string of the molecule is CCCOc1ccc(N(CC(=O)NCCSCc2ccc(C)cc2)S(C)(=O)=O)cc1. The van der Waals surface area contributed by atoms with Gasteiger partial charge in [0, 0.05) is 18.1 Å². The number of anilines is 1. The maximum absolute atomic E-state index is 12.3. The van der Waals surface area contributed by atoms with Crippen LogP contribution in [-0.2, 0) is 20.6 Å². The summed E-state index contributed by atoms with van der Waals surface area (Å²) in [6, 6.07) is 15.1. The van der Waals surface area contributed by atoms with E-state index in [-0.39, 0.29) is 12.5 Å². The van der Waals surface area contributed by atoms with Crippen LogP contribution in [0.3, 0.4) is 0 Å². The normalized spacial score (nSPS) is 11.2. The highest BCUT2D eigenvalue weighted by Gasteiger charge is 2.20. The second kappa shape index (κ2) is 11.9. The molecule has 0 aliphatic rings. The number of thioether (sulfide) groups is 1. The monoisotopic (exact) mass is 450 g/mol. The number of benzene rings is 2. The third-order valence-corrected chi connectivity index (χ3v) is 6.41. The number of amides is 1. The van der Waals surface area contributed by atoms with Crippen LogP contribution in [0.1, 0.15) is 24.5 Å². The number of hydrogen-bond donors (Lipinski definition) is 1. The van der Waals surface area contributed by atoms with Crippen LogP contribution in [0, 0.1) is 6.92 Å². The molecule has 2 aromatic carbocycles. The van der Waals surface area contributed by atoms with E-state index in [0.29, 0.717) is 24.6 Å². The van der Waals surface area contributed by atoms with E-state index in [9.17, 15) is 13.2 Å². The van der Waals surface area contributed by atoms with E-state index in [1.165, 1.54) is 11.1 Å². The van der Waals surface area contributed by atoms with Crippen LogP contribution in [-0.4, -0.2) is 46.0 Å². The molecule has 164 valence electrons. The minimum absolute atomic E-state index is 0.253. The van der Waals surface area contributed by atoms with Crippen LogP contribution in [0.25, 0.3) is 0 Å². The Balaban J connectivity index is 1.82. The number of nitrogens with zero attached hydrogens (tertiary/aromatic N) is 1. The van der Waals surface area contributed by atoms with Gasteiger partial charge < -0.3 is 10.1 Å². The summed E-state index contributed by atoms with van der Waals surface area (Å²) in [5.41, 5.74) is 2.91. The third-order valence-electron chi connectivity index (χ3n) is 4.24. The molecule has 1 N–H and O–H groups in total. The fraction of sp³-hybridized carbons (Fsp3) is 0.409. The molecule has 0 spiro atoms. The summed E-state index contributed by atoms with van der Waals surface area (Å²) in [6.45, 7) is 4.90. The van der Waals surface area contributed by atoms with E-state index in [1.54, 1.807) is 36.0 Å². The first-order valence-corrected chi connectivity index (χ1v) is 12.9. The van der Waals surface area contributed by atoms with E-state index < -0.39 is 10.0 Å². The Morgan fingerprint density at radius 2 is 1.77 bits per heavy atom. The summed E-state index contributed by atoms with van der Waals surface area (Å²) in [5, 5.41) is 2.80. The van der Waals surface area contributed by atoms with Crippen molar-refractivity contribution in [3.05, 3.63) is 59.7 Å². The zero-order chi connectivity index (χ0) is 22.0. The molecule has 0 saturated heterocycles. The third kappa shape index (κ3) is 8.28. The Bertz CT molecular complexity index is 898. The van der Waals surface area contributed by atoms with Crippen LogP contribution >= 0.6 is 11.8 Å². The molecule has 0 unspecified atom stereocenters. The molecule has 0 bridgehead atoms. The van der Waals surface area contributed by atoms with Crippen molar-refractivity contribution in [2.45, 2.75) is 26.0 Å². The van der Waals surface area contributed by atoms with Crippen molar-refractivity contribution in [2.24, 2.45) is 0 Å². The lowest BCUT2D eigenvalue weighted by atomic mass is 10.2. The van der Waals surface area contributed by atoms with Crippen molar-refractivity contribution in [3.8, 4) is 5.75 Å². The van der Waals surface area contributed by atoms with Gasteiger partial charge in [0.1, 0.15) is 12.3 Å². The number of rotatable bonds is 12. The summed E-state index contributed by atoms with van der Waals surface area (Å²) in [5.74, 6) is 1.96. The second-order valence-corrected chi connectivity index (χ2v) is 10.0. The summed E-state index contributed by atoms with van der Waals surface area (Å²) >= 11 is 1.72. The van der Waals surface area contributed by atoms with Gasteiger partial charge in [-0.2, -0.15) is 11.8 Å². The number of hydrogen-bond acceptors (Lipinski definition) is 5. The highest BCUT2D eigenvalue weighted by atomic mass is 32.2. The predicted octanol–water partition coefficient (Wildman–Crippen LogP) is 3.60. The lowest BCUT2D eigenvalue weighted by Crippen LogP contribution is -2.41. The molecular formula is C22H30N2O4S2. The number of nitrogens with one attached hydrogen (secondary N) is 1. The molecule has 2 aromatic rings. The molecule has 0 aliphatic carbocycles. The van der Waals surface area contributed by atoms with E-state index in [1.807, 2.05) is 6.92 Å².